The number of benzene rings is 22. The van der Waals surface area contributed by atoms with Crippen molar-refractivity contribution in [2.75, 3.05) is 9.80 Å². The van der Waals surface area contributed by atoms with Crippen LogP contribution in [0.5, 0.6) is 0 Å². The molecule has 600 valence electrons. The first-order chi connectivity index (χ1) is 63.5. The van der Waals surface area contributed by atoms with Crippen LogP contribution in [0.1, 0.15) is 44.5 Å². The molecule has 0 N–H and O–H groups in total. The molecule has 0 atom stereocenters. The molecule has 0 spiro atoms. The molecular formula is C126H86N2. The third-order valence-corrected chi connectivity index (χ3v) is 26.7. The summed E-state index contributed by atoms with van der Waals surface area (Å²) in [5.41, 5.74) is 35.9. The Morgan fingerprint density at radius 1 is 0.141 bits per heavy atom. The van der Waals surface area contributed by atoms with Gasteiger partial charge in [-0.05, 0) is 239 Å². The van der Waals surface area contributed by atoms with Gasteiger partial charge in [0, 0.05) is 33.5 Å². The van der Waals surface area contributed by atoms with E-state index < -0.39 is 10.8 Å². The highest BCUT2D eigenvalue weighted by molar-refractivity contribution is 6.07. The minimum Gasteiger partial charge on any atom is -0.310 e. The fourth-order valence-electron chi connectivity index (χ4n) is 21.0. The fourth-order valence-corrected chi connectivity index (χ4v) is 21.0. The van der Waals surface area contributed by atoms with Crippen LogP contribution in [0.3, 0.4) is 0 Å². The summed E-state index contributed by atoms with van der Waals surface area (Å²) in [6.45, 7) is 0. The average Bonchev–Trinajstić information content (AvgIpc) is 1.54. The number of nitrogens with zero attached hydrogens (tertiary/aromatic N) is 2. The van der Waals surface area contributed by atoms with Gasteiger partial charge in [0.2, 0.25) is 0 Å². The molecule has 128 heavy (non-hydrogen) atoms. The Hall–Kier alpha value is -16.5. The van der Waals surface area contributed by atoms with Crippen LogP contribution in [0.15, 0.2) is 522 Å². The quantitative estimate of drug-likeness (QED) is 0.0951. The van der Waals surface area contributed by atoms with Gasteiger partial charge >= 0.3 is 0 Å². The van der Waals surface area contributed by atoms with Crippen molar-refractivity contribution in [2.24, 2.45) is 0 Å². The fraction of sp³-hybridized carbons (Fsp3) is 0.0159. The Kier molecular flexibility index (Phi) is 19.5. The molecule has 2 aliphatic rings. The van der Waals surface area contributed by atoms with Crippen molar-refractivity contribution in [2.45, 2.75) is 10.8 Å². The topological polar surface area (TPSA) is 6.48 Å². The molecule has 24 rings (SSSR count). The lowest BCUT2D eigenvalue weighted by molar-refractivity contribution is 0.768. The molecule has 2 aliphatic carbocycles. The number of hydrogen-bond donors (Lipinski definition) is 0. The summed E-state index contributed by atoms with van der Waals surface area (Å²) in [5.74, 6) is 0. The van der Waals surface area contributed by atoms with Crippen molar-refractivity contribution < 1.29 is 0 Å². The van der Waals surface area contributed by atoms with Gasteiger partial charge in [-0.25, -0.2) is 0 Å². The highest BCUT2D eigenvalue weighted by Gasteiger charge is 2.48. The van der Waals surface area contributed by atoms with E-state index in [1.807, 2.05) is 0 Å². The molecule has 0 radical (unpaired) electrons. The first kappa shape index (κ1) is 76.4. The number of anilines is 6. The second kappa shape index (κ2) is 32.6. The molecule has 0 aromatic heterocycles. The molecule has 0 bridgehead atoms. The number of fused-ring (bicyclic) bond motifs is 10. The van der Waals surface area contributed by atoms with E-state index in [1.165, 1.54) is 177 Å². The summed E-state index contributed by atoms with van der Waals surface area (Å²) in [7, 11) is 0. The molecule has 0 fully saturated rings. The predicted molar refractivity (Wildman–Crippen MR) is 539 cm³/mol. The zero-order valence-corrected chi connectivity index (χ0v) is 70.5. The lowest BCUT2D eigenvalue weighted by Crippen LogP contribution is -2.28. The summed E-state index contributed by atoms with van der Waals surface area (Å²) in [6.07, 6.45) is 0. The summed E-state index contributed by atoms with van der Waals surface area (Å²) in [4.78, 5) is 4.81. The van der Waals surface area contributed by atoms with Crippen LogP contribution in [0.4, 0.5) is 34.1 Å². The molecule has 0 heterocycles. The Labute approximate surface area is 747 Å². The molecule has 0 aliphatic heterocycles. The van der Waals surface area contributed by atoms with Crippen molar-refractivity contribution in [1.29, 1.82) is 0 Å². The molecule has 22 aromatic rings. The Morgan fingerprint density at radius 2 is 0.398 bits per heavy atom. The average molecular weight is 1630 g/mol. The van der Waals surface area contributed by atoms with Gasteiger partial charge in [-0.3, -0.25) is 0 Å². The van der Waals surface area contributed by atoms with Gasteiger partial charge in [-0.2, -0.15) is 0 Å². The minimum absolute atomic E-state index is 0.444. The SMILES string of the molecule is c1ccc(-c2ccc(-c3ccc(N(c4ccc(-c5cccc6c5-c5ccccc5C6(c5ccccc5)c5ccccc5)cc4)c4cccc5ccccc45)cc3)c3ccccc23)cc1.c1ccc(-c2ccc3cc(-c4ccc(N(c5ccc(-c6cccc7c6-c6ccccc6C7(c6ccccc6)c6ccccc6)cc5)c5cccc6ccccc56)cc4)ccc3c2)cc1. The molecule has 0 amide bonds. The number of hydrogen-bond acceptors (Lipinski definition) is 2. The Balaban J connectivity index is 0.000000146. The molecular weight excluding hydrogens is 1540 g/mol. The van der Waals surface area contributed by atoms with Crippen molar-refractivity contribution in [1.82, 2.24) is 0 Å². The second-order valence-electron chi connectivity index (χ2n) is 33.6. The summed E-state index contributed by atoms with van der Waals surface area (Å²) in [6, 6.07) is 191. The van der Waals surface area contributed by atoms with Gasteiger partial charge in [-0.15, -0.1) is 0 Å². The smallest absolute Gasteiger partial charge is 0.0713 e. The molecule has 0 saturated carbocycles. The van der Waals surface area contributed by atoms with Crippen molar-refractivity contribution >= 4 is 77.2 Å². The maximum Gasteiger partial charge on any atom is 0.0713 e. The maximum atomic E-state index is 2.41. The summed E-state index contributed by atoms with van der Waals surface area (Å²) >= 11 is 0. The lowest BCUT2D eigenvalue weighted by atomic mass is 9.67. The second-order valence-corrected chi connectivity index (χ2v) is 33.6. The largest absolute Gasteiger partial charge is 0.310 e. The standard InChI is InChI=1S/2C63H43N/c1-4-16-44(17-5-1)48-30-32-51-43-49(31-33-50(51)42-48)45-34-38-54(39-35-45)64(61-29-14-19-46-18-10-11-24-56(46)61)55-40-36-47(37-41-55)57-26-15-28-60-62(57)58-25-12-13-27-59(58)63(60,52-20-6-2-7-21-52)53-22-8-3-9-23-53;1-4-18-44(19-5-1)52-42-43-53(57-28-13-12-27-56(52)57)46-34-38-50(39-35-46)64(61-33-16-21-45-20-10-11-26-54(45)61)51-40-36-47(37-41-51)55-30-17-32-60-62(55)58-29-14-15-31-59(58)63(60,48-22-6-2-7-23-48)49-24-8-3-9-25-49/h2*1-43H. The molecule has 0 unspecified atom stereocenters. The molecule has 2 nitrogen and oxygen atoms in total. The third kappa shape index (κ3) is 13.1. The van der Waals surface area contributed by atoms with E-state index in [0.29, 0.717) is 0 Å². The monoisotopic (exact) mass is 1630 g/mol. The van der Waals surface area contributed by atoms with Crippen LogP contribution in [-0.4, -0.2) is 0 Å². The number of rotatable bonds is 16. The van der Waals surface area contributed by atoms with Gasteiger partial charge in [-0.1, -0.05) is 449 Å². The van der Waals surface area contributed by atoms with Crippen molar-refractivity contribution in [3.05, 3.63) is 566 Å². The van der Waals surface area contributed by atoms with E-state index >= 15 is 0 Å². The van der Waals surface area contributed by atoms with E-state index in [1.54, 1.807) is 0 Å². The van der Waals surface area contributed by atoms with Gasteiger partial charge in [0.1, 0.15) is 0 Å². The Morgan fingerprint density at radius 3 is 0.781 bits per heavy atom. The van der Waals surface area contributed by atoms with Crippen LogP contribution in [-0.2, 0) is 10.8 Å². The van der Waals surface area contributed by atoms with Crippen LogP contribution in [0.2, 0.25) is 0 Å². The first-order valence-electron chi connectivity index (χ1n) is 44.3. The highest BCUT2D eigenvalue weighted by Crippen LogP contribution is 2.61. The van der Waals surface area contributed by atoms with Crippen molar-refractivity contribution in [3.63, 3.8) is 0 Å². The van der Waals surface area contributed by atoms with Crippen LogP contribution < -0.4 is 9.80 Å². The Bertz CT molecular complexity index is 7780. The summed E-state index contributed by atoms with van der Waals surface area (Å²) in [5, 5.41) is 9.81. The van der Waals surface area contributed by atoms with Gasteiger partial charge in [0.05, 0.1) is 22.2 Å². The zero-order chi connectivity index (χ0) is 84.9. The predicted octanol–water partition coefficient (Wildman–Crippen LogP) is 33.7. The van der Waals surface area contributed by atoms with Crippen molar-refractivity contribution in [3.8, 4) is 89.0 Å². The van der Waals surface area contributed by atoms with Crippen LogP contribution in [0, 0.1) is 0 Å². The summed E-state index contributed by atoms with van der Waals surface area (Å²) < 4.78 is 0. The zero-order valence-electron chi connectivity index (χ0n) is 70.5. The van der Waals surface area contributed by atoms with Gasteiger partial charge in [0.15, 0.2) is 0 Å². The first-order valence-corrected chi connectivity index (χ1v) is 44.3. The van der Waals surface area contributed by atoms with Gasteiger partial charge < -0.3 is 9.80 Å². The molecule has 22 aromatic carbocycles. The molecule has 2 heteroatoms. The van der Waals surface area contributed by atoms with E-state index in [2.05, 4.69) is 532 Å². The highest BCUT2D eigenvalue weighted by atomic mass is 15.1. The van der Waals surface area contributed by atoms with E-state index in [9.17, 15) is 0 Å². The minimum atomic E-state index is -0.446. The molecule has 0 saturated heterocycles. The van der Waals surface area contributed by atoms with Gasteiger partial charge in [0.25, 0.3) is 0 Å². The van der Waals surface area contributed by atoms with Crippen LogP contribution >= 0.6 is 0 Å². The maximum absolute atomic E-state index is 2.41. The van der Waals surface area contributed by atoms with E-state index in [0.717, 1.165) is 34.1 Å². The third-order valence-electron chi connectivity index (χ3n) is 26.7. The van der Waals surface area contributed by atoms with E-state index in [4.69, 9.17) is 0 Å². The lowest BCUT2D eigenvalue weighted by Gasteiger charge is -2.34. The van der Waals surface area contributed by atoms with E-state index in [-0.39, 0.29) is 0 Å². The normalized spacial score (nSPS) is 12.5. The van der Waals surface area contributed by atoms with Crippen LogP contribution in [0.25, 0.3) is 132 Å².